The first-order chi connectivity index (χ1) is 9.72. The average molecular weight is 268 g/mol. The smallest absolute Gasteiger partial charge is 0.135 e. The molecule has 3 rings (SSSR count). The first-order valence-corrected chi connectivity index (χ1v) is 6.44. The Morgan fingerprint density at radius 3 is 2.30 bits per heavy atom. The van der Waals surface area contributed by atoms with E-state index in [4.69, 9.17) is 13.9 Å². The molecule has 1 aromatic heterocycles. The Hall–Kier alpha value is -2.42. The molecule has 0 N–H and O–H groups in total. The van der Waals surface area contributed by atoms with Gasteiger partial charge in [0, 0.05) is 16.5 Å². The summed E-state index contributed by atoms with van der Waals surface area (Å²) in [5, 5.41) is 1.08. The van der Waals surface area contributed by atoms with Gasteiger partial charge in [0.15, 0.2) is 0 Å². The van der Waals surface area contributed by atoms with Crippen LogP contribution in [0.3, 0.4) is 0 Å². The van der Waals surface area contributed by atoms with Gasteiger partial charge < -0.3 is 13.9 Å². The molecule has 3 heteroatoms. The molecule has 0 saturated heterocycles. The van der Waals surface area contributed by atoms with Crippen molar-refractivity contribution in [3.05, 3.63) is 48.0 Å². The van der Waals surface area contributed by atoms with E-state index in [1.54, 1.807) is 14.2 Å². The minimum atomic E-state index is 0.836. The minimum absolute atomic E-state index is 0.836. The van der Waals surface area contributed by atoms with Gasteiger partial charge in [0.05, 0.1) is 14.2 Å². The van der Waals surface area contributed by atoms with Crippen LogP contribution in [0.4, 0.5) is 0 Å². The molecule has 0 saturated carbocycles. The standard InChI is InChI=1S/C17H16O3/c1-11-14-10-17(12-4-6-13(18-2)7-5-12)20-16(14)9-8-15(11)19-3/h4-10H,1-3H3. The van der Waals surface area contributed by atoms with Crippen molar-refractivity contribution in [2.45, 2.75) is 6.92 Å². The molecule has 0 aliphatic heterocycles. The van der Waals surface area contributed by atoms with Crippen molar-refractivity contribution in [2.75, 3.05) is 14.2 Å². The molecule has 0 fully saturated rings. The molecule has 0 spiro atoms. The number of hydrogen-bond acceptors (Lipinski definition) is 3. The lowest BCUT2D eigenvalue weighted by molar-refractivity contribution is 0.412. The maximum absolute atomic E-state index is 5.91. The van der Waals surface area contributed by atoms with E-state index in [1.165, 1.54) is 0 Å². The topological polar surface area (TPSA) is 31.6 Å². The third-order valence-corrected chi connectivity index (χ3v) is 3.51. The van der Waals surface area contributed by atoms with Crippen molar-refractivity contribution in [2.24, 2.45) is 0 Å². The molecule has 3 aromatic rings. The van der Waals surface area contributed by atoms with Crippen LogP contribution in [-0.4, -0.2) is 14.2 Å². The Kier molecular flexibility index (Phi) is 3.11. The highest BCUT2D eigenvalue weighted by molar-refractivity contribution is 5.87. The normalized spacial score (nSPS) is 10.8. The molecule has 0 amide bonds. The summed E-state index contributed by atoms with van der Waals surface area (Å²) < 4.78 is 16.4. The first-order valence-electron chi connectivity index (χ1n) is 6.44. The van der Waals surface area contributed by atoms with E-state index >= 15 is 0 Å². The molecule has 1 heterocycles. The van der Waals surface area contributed by atoms with Gasteiger partial charge in [0.1, 0.15) is 22.8 Å². The van der Waals surface area contributed by atoms with Gasteiger partial charge in [0.2, 0.25) is 0 Å². The van der Waals surface area contributed by atoms with E-state index in [2.05, 4.69) is 6.07 Å². The van der Waals surface area contributed by atoms with Crippen molar-refractivity contribution in [1.82, 2.24) is 0 Å². The molecule has 0 radical (unpaired) electrons. The van der Waals surface area contributed by atoms with E-state index in [1.807, 2.05) is 43.3 Å². The molecule has 20 heavy (non-hydrogen) atoms. The number of fused-ring (bicyclic) bond motifs is 1. The van der Waals surface area contributed by atoms with Gasteiger partial charge in [-0.3, -0.25) is 0 Å². The SMILES string of the molecule is COc1ccc(-c2cc3c(C)c(OC)ccc3o2)cc1. The zero-order valence-corrected chi connectivity index (χ0v) is 11.8. The highest BCUT2D eigenvalue weighted by Crippen LogP contribution is 2.34. The largest absolute Gasteiger partial charge is 0.497 e. The number of ether oxygens (including phenoxy) is 2. The van der Waals surface area contributed by atoms with Gasteiger partial charge in [0.25, 0.3) is 0 Å². The zero-order chi connectivity index (χ0) is 14.1. The number of furan rings is 1. The summed E-state index contributed by atoms with van der Waals surface area (Å²) in [5.41, 5.74) is 2.99. The van der Waals surface area contributed by atoms with Gasteiger partial charge >= 0.3 is 0 Å². The summed E-state index contributed by atoms with van der Waals surface area (Å²) in [6, 6.07) is 13.8. The summed E-state index contributed by atoms with van der Waals surface area (Å²) in [5.74, 6) is 2.56. The van der Waals surface area contributed by atoms with Crippen LogP contribution in [0.1, 0.15) is 5.56 Å². The van der Waals surface area contributed by atoms with Crippen LogP contribution in [0.25, 0.3) is 22.3 Å². The monoisotopic (exact) mass is 268 g/mol. The lowest BCUT2D eigenvalue weighted by Gasteiger charge is -2.03. The highest BCUT2D eigenvalue weighted by atomic mass is 16.5. The molecular weight excluding hydrogens is 252 g/mol. The molecule has 0 unspecified atom stereocenters. The molecule has 0 aliphatic rings. The lowest BCUT2D eigenvalue weighted by atomic mass is 10.1. The summed E-state index contributed by atoms with van der Waals surface area (Å²) in [4.78, 5) is 0. The zero-order valence-electron chi connectivity index (χ0n) is 11.8. The van der Waals surface area contributed by atoms with Crippen molar-refractivity contribution in [3.63, 3.8) is 0 Å². The van der Waals surface area contributed by atoms with E-state index in [0.29, 0.717) is 0 Å². The summed E-state index contributed by atoms with van der Waals surface area (Å²) in [6.45, 7) is 2.04. The summed E-state index contributed by atoms with van der Waals surface area (Å²) in [6.07, 6.45) is 0. The molecule has 102 valence electrons. The van der Waals surface area contributed by atoms with Gasteiger partial charge in [-0.15, -0.1) is 0 Å². The van der Waals surface area contributed by atoms with Crippen molar-refractivity contribution in [3.8, 4) is 22.8 Å². The van der Waals surface area contributed by atoms with Gasteiger partial charge in [-0.05, 0) is 49.4 Å². The third-order valence-electron chi connectivity index (χ3n) is 3.51. The maximum Gasteiger partial charge on any atom is 0.135 e. The van der Waals surface area contributed by atoms with Crippen LogP contribution in [-0.2, 0) is 0 Å². The predicted octanol–water partition coefficient (Wildman–Crippen LogP) is 4.43. The van der Waals surface area contributed by atoms with Crippen LogP contribution in [0.15, 0.2) is 46.9 Å². The number of rotatable bonds is 3. The van der Waals surface area contributed by atoms with Crippen molar-refractivity contribution in [1.29, 1.82) is 0 Å². The molecule has 2 aromatic carbocycles. The Morgan fingerprint density at radius 1 is 0.900 bits per heavy atom. The first kappa shape index (κ1) is 12.6. The Bertz CT molecular complexity index is 739. The minimum Gasteiger partial charge on any atom is -0.497 e. The molecule has 0 aliphatic carbocycles. The van der Waals surface area contributed by atoms with Crippen LogP contribution in [0, 0.1) is 6.92 Å². The van der Waals surface area contributed by atoms with E-state index in [0.717, 1.165) is 39.4 Å². The number of methoxy groups -OCH3 is 2. The number of hydrogen-bond donors (Lipinski definition) is 0. The van der Waals surface area contributed by atoms with E-state index in [9.17, 15) is 0 Å². The summed E-state index contributed by atoms with van der Waals surface area (Å²) >= 11 is 0. The van der Waals surface area contributed by atoms with Crippen LogP contribution < -0.4 is 9.47 Å². The quantitative estimate of drug-likeness (QED) is 0.704. The van der Waals surface area contributed by atoms with E-state index in [-0.39, 0.29) is 0 Å². The Morgan fingerprint density at radius 2 is 1.65 bits per heavy atom. The fourth-order valence-electron chi connectivity index (χ4n) is 2.35. The second-order valence-corrected chi connectivity index (χ2v) is 4.64. The van der Waals surface area contributed by atoms with Gasteiger partial charge in [-0.2, -0.15) is 0 Å². The van der Waals surface area contributed by atoms with Crippen molar-refractivity contribution >= 4 is 11.0 Å². The fraction of sp³-hybridized carbons (Fsp3) is 0.176. The van der Waals surface area contributed by atoms with Crippen LogP contribution >= 0.6 is 0 Å². The second kappa shape index (κ2) is 4.93. The third kappa shape index (κ3) is 2.01. The highest BCUT2D eigenvalue weighted by Gasteiger charge is 2.11. The van der Waals surface area contributed by atoms with Crippen LogP contribution in [0.5, 0.6) is 11.5 Å². The molecule has 0 atom stereocenters. The predicted molar refractivity (Wildman–Crippen MR) is 79.5 cm³/mol. The van der Waals surface area contributed by atoms with Crippen molar-refractivity contribution < 1.29 is 13.9 Å². The molecule has 0 bridgehead atoms. The number of aryl methyl sites for hydroxylation is 1. The van der Waals surface area contributed by atoms with E-state index < -0.39 is 0 Å². The Balaban J connectivity index is 2.10. The average Bonchev–Trinajstić information content (AvgIpc) is 2.93. The maximum atomic E-state index is 5.91. The fourth-order valence-corrected chi connectivity index (χ4v) is 2.35. The molecular formula is C17H16O3. The lowest BCUT2D eigenvalue weighted by Crippen LogP contribution is -1.86. The summed E-state index contributed by atoms with van der Waals surface area (Å²) in [7, 11) is 3.34. The van der Waals surface area contributed by atoms with Gasteiger partial charge in [-0.1, -0.05) is 0 Å². The van der Waals surface area contributed by atoms with Gasteiger partial charge in [-0.25, -0.2) is 0 Å². The molecule has 3 nitrogen and oxygen atoms in total. The Labute approximate surface area is 117 Å². The number of benzene rings is 2. The second-order valence-electron chi connectivity index (χ2n) is 4.64. The van der Waals surface area contributed by atoms with Crippen LogP contribution in [0.2, 0.25) is 0 Å².